The molecule has 3 aliphatic rings. The Bertz CT molecular complexity index is 379. The Morgan fingerprint density at radius 2 is 1.86 bits per heavy atom. The lowest BCUT2D eigenvalue weighted by atomic mass is 9.70. The molecule has 2 bridgehead atoms. The number of rotatable bonds is 4. The largest absolute Gasteiger partial charge is 0.367 e. The molecule has 3 rings (SSSR count). The normalized spacial score (nSPS) is 41.6. The smallest absolute Gasteiger partial charge is 0.167 e. The average molecular weight is 296 g/mol. The minimum absolute atomic E-state index is 0.230. The maximum atomic E-state index is 10.4. The van der Waals surface area contributed by atoms with Gasteiger partial charge in [-0.25, -0.2) is 0 Å². The Morgan fingerprint density at radius 3 is 2.38 bits per heavy atom. The Kier molecular flexibility index (Phi) is 4.11. The Morgan fingerprint density at radius 1 is 1.19 bits per heavy atom. The number of nitrogens with zero attached hydrogens (tertiary/aromatic N) is 2. The van der Waals surface area contributed by atoms with Crippen molar-refractivity contribution in [3.8, 4) is 0 Å². The van der Waals surface area contributed by atoms with Gasteiger partial charge < -0.3 is 14.7 Å². The van der Waals surface area contributed by atoms with Gasteiger partial charge >= 0.3 is 0 Å². The highest BCUT2D eigenvalue weighted by Crippen LogP contribution is 2.66. The molecule has 1 saturated heterocycles. The first kappa shape index (κ1) is 15.7. The third-order valence-corrected chi connectivity index (χ3v) is 7.05. The molecular formula is C17H32N2O2. The number of β-amino-alcohol motifs (C(OH)–C–C–N with tert-alkyl or cyclic N) is 1. The average Bonchev–Trinajstić information content (AvgIpc) is 2.74. The van der Waals surface area contributed by atoms with E-state index in [1.807, 2.05) is 0 Å². The summed E-state index contributed by atoms with van der Waals surface area (Å²) < 4.78 is 6.11. The number of piperazine rings is 1. The number of hydrogen-bond donors (Lipinski definition) is 1. The molecule has 0 aromatic carbocycles. The topological polar surface area (TPSA) is 35.9 Å². The molecule has 21 heavy (non-hydrogen) atoms. The highest BCUT2D eigenvalue weighted by Gasteiger charge is 2.62. The number of aliphatic hydroxyl groups is 1. The van der Waals surface area contributed by atoms with Gasteiger partial charge in [0.25, 0.3) is 0 Å². The molecule has 0 amide bonds. The van der Waals surface area contributed by atoms with Crippen molar-refractivity contribution in [1.29, 1.82) is 0 Å². The van der Waals surface area contributed by atoms with Gasteiger partial charge in [0.15, 0.2) is 6.29 Å². The van der Waals surface area contributed by atoms with Crippen LogP contribution < -0.4 is 0 Å². The third-order valence-electron chi connectivity index (χ3n) is 7.05. The summed E-state index contributed by atoms with van der Waals surface area (Å²) in [5.74, 6) is 0.767. The van der Waals surface area contributed by atoms with E-state index in [0.717, 1.165) is 38.5 Å². The Balaban J connectivity index is 1.53. The van der Waals surface area contributed by atoms with Gasteiger partial charge in [0, 0.05) is 32.7 Å². The second-order valence-corrected chi connectivity index (χ2v) is 8.29. The van der Waals surface area contributed by atoms with Crippen LogP contribution in [0.2, 0.25) is 0 Å². The lowest BCUT2D eigenvalue weighted by Gasteiger charge is -2.40. The molecule has 2 aliphatic carbocycles. The van der Waals surface area contributed by atoms with E-state index in [4.69, 9.17) is 4.74 Å². The van der Waals surface area contributed by atoms with Crippen molar-refractivity contribution in [2.45, 2.75) is 52.4 Å². The van der Waals surface area contributed by atoms with Crippen molar-refractivity contribution < 1.29 is 9.84 Å². The van der Waals surface area contributed by atoms with Crippen LogP contribution in [0.1, 0.15) is 40.0 Å². The minimum atomic E-state index is -0.634. The molecule has 0 unspecified atom stereocenters. The van der Waals surface area contributed by atoms with Crippen molar-refractivity contribution >= 4 is 0 Å². The van der Waals surface area contributed by atoms with Crippen molar-refractivity contribution in [2.24, 2.45) is 16.7 Å². The summed E-state index contributed by atoms with van der Waals surface area (Å²) in [6.07, 6.45) is 3.30. The van der Waals surface area contributed by atoms with Crippen molar-refractivity contribution in [2.75, 3.05) is 39.8 Å². The number of aliphatic hydroxyl groups excluding tert-OH is 1. The lowest BCUT2D eigenvalue weighted by molar-refractivity contribution is -0.180. The monoisotopic (exact) mass is 296 g/mol. The summed E-state index contributed by atoms with van der Waals surface area (Å²) in [7, 11) is 2.16. The first-order valence-electron chi connectivity index (χ1n) is 8.57. The van der Waals surface area contributed by atoms with Gasteiger partial charge in [-0.15, -0.1) is 0 Å². The highest BCUT2D eigenvalue weighted by molar-refractivity contribution is 5.11. The number of likely N-dealkylation sites (N-methyl/N-ethyl adjacent to an activating group) is 1. The second kappa shape index (κ2) is 5.48. The maximum absolute atomic E-state index is 10.4. The van der Waals surface area contributed by atoms with Crippen LogP contribution >= 0.6 is 0 Å². The van der Waals surface area contributed by atoms with Gasteiger partial charge in [-0.05, 0) is 43.1 Å². The Labute approximate surface area is 129 Å². The van der Waals surface area contributed by atoms with Crippen molar-refractivity contribution in [3.05, 3.63) is 0 Å². The van der Waals surface area contributed by atoms with Crippen LogP contribution in [0.4, 0.5) is 0 Å². The molecule has 1 heterocycles. The van der Waals surface area contributed by atoms with Crippen LogP contribution in [0.15, 0.2) is 0 Å². The van der Waals surface area contributed by atoms with Crippen molar-refractivity contribution in [1.82, 2.24) is 9.80 Å². The molecule has 122 valence electrons. The molecule has 4 nitrogen and oxygen atoms in total. The zero-order valence-corrected chi connectivity index (χ0v) is 14.1. The van der Waals surface area contributed by atoms with E-state index in [2.05, 4.69) is 37.6 Å². The third kappa shape index (κ3) is 2.65. The van der Waals surface area contributed by atoms with E-state index in [1.54, 1.807) is 0 Å². The molecule has 4 heteroatoms. The van der Waals surface area contributed by atoms with Gasteiger partial charge in [-0.1, -0.05) is 20.8 Å². The van der Waals surface area contributed by atoms with E-state index >= 15 is 0 Å². The minimum Gasteiger partial charge on any atom is -0.367 e. The summed E-state index contributed by atoms with van der Waals surface area (Å²) >= 11 is 0. The first-order chi connectivity index (χ1) is 9.83. The van der Waals surface area contributed by atoms with Crippen molar-refractivity contribution in [3.63, 3.8) is 0 Å². The summed E-state index contributed by atoms with van der Waals surface area (Å²) in [5.41, 5.74) is 0.589. The van der Waals surface area contributed by atoms with Gasteiger partial charge in [0.05, 0.1) is 6.10 Å². The highest BCUT2D eigenvalue weighted by atomic mass is 16.6. The molecule has 1 N–H and O–H groups in total. The quantitative estimate of drug-likeness (QED) is 0.802. The van der Waals surface area contributed by atoms with Crippen LogP contribution in [0, 0.1) is 16.7 Å². The van der Waals surface area contributed by atoms with E-state index < -0.39 is 6.29 Å². The molecule has 3 fully saturated rings. The number of hydrogen-bond acceptors (Lipinski definition) is 4. The SMILES string of the molecule is CN1CCN(C[C@@H](O)O[C@@H]2C[C@@H]3CC[C@@]2(C)C3(C)C)CC1. The number of ether oxygens (including phenoxy) is 1. The predicted molar refractivity (Wildman–Crippen MR) is 84.0 cm³/mol. The van der Waals surface area contributed by atoms with Crippen LogP contribution in [0.25, 0.3) is 0 Å². The van der Waals surface area contributed by atoms with Crippen LogP contribution in [-0.4, -0.2) is 67.1 Å². The molecule has 1 aliphatic heterocycles. The molecular weight excluding hydrogens is 264 g/mol. The fraction of sp³-hybridized carbons (Fsp3) is 1.00. The molecule has 2 saturated carbocycles. The zero-order valence-electron chi connectivity index (χ0n) is 14.1. The first-order valence-corrected chi connectivity index (χ1v) is 8.57. The number of fused-ring (bicyclic) bond motifs is 2. The molecule has 0 radical (unpaired) electrons. The fourth-order valence-electron chi connectivity index (χ4n) is 4.82. The van der Waals surface area contributed by atoms with Crippen LogP contribution in [-0.2, 0) is 4.74 Å². The summed E-state index contributed by atoms with van der Waals surface area (Å²) in [5, 5.41) is 10.4. The van der Waals surface area contributed by atoms with Crippen LogP contribution in [0.3, 0.4) is 0 Å². The lowest BCUT2D eigenvalue weighted by Crippen LogP contribution is -2.48. The second-order valence-electron chi connectivity index (χ2n) is 8.29. The summed E-state index contributed by atoms with van der Waals surface area (Å²) in [6, 6.07) is 0. The fourth-order valence-corrected chi connectivity index (χ4v) is 4.82. The van der Waals surface area contributed by atoms with E-state index in [-0.39, 0.29) is 11.5 Å². The molecule has 0 aromatic heterocycles. The van der Waals surface area contributed by atoms with E-state index in [0.29, 0.717) is 12.0 Å². The van der Waals surface area contributed by atoms with Gasteiger partial charge in [0.2, 0.25) is 0 Å². The van der Waals surface area contributed by atoms with E-state index in [9.17, 15) is 5.11 Å². The summed E-state index contributed by atoms with van der Waals surface area (Å²) in [4.78, 5) is 4.66. The molecule has 0 spiro atoms. The predicted octanol–water partition coefficient (Wildman–Crippen LogP) is 1.78. The zero-order chi connectivity index (χ0) is 15.3. The van der Waals surface area contributed by atoms with Gasteiger partial charge in [-0.3, -0.25) is 4.90 Å². The molecule has 4 atom stereocenters. The maximum Gasteiger partial charge on any atom is 0.167 e. The standard InChI is InChI=1S/C17H32N2O2/c1-16(2)13-5-6-17(16,3)14(11-13)21-15(20)12-19-9-7-18(4)8-10-19/h13-15,20H,5-12H2,1-4H3/t13-,14+,15-,17+/m0/s1. The van der Waals surface area contributed by atoms with Gasteiger partial charge in [-0.2, -0.15) is 0 Å². The Hall–Kier alpha value is -0.160. The molecule has 0 aromatic rings. The van der Waals surface area contributed by atoms with E-state index in [1.165, 1.54) is 12.8 Å². The van der Waals surface area contributed by atoms with Crippen LogP contribution in [0.5, 0.6) is 0 Å². The van der Waals surface area contributed by atoms with Gasteiger partial charge in [0.1, 0.15) is 0 Å². The summed E-state index contributed by atoms with van der Waals surface area (Å²) in [6.45, 7) is 12.0.